The smallest absolute Gasteiger partial charge is 0.219 e. The Labute approximate surface area is 140 Å². The summed E-state index contributed by atoms with van der Waals surface area (Å²) in [5, 5.41) is 6.18. The molecule has 0 spiro atoms. The molecule has 1 aliphatic heterocycles. The number of amides is 1. The molecule has 1 saturated heterocycles. The van der Waals surface area contributed by atoms with Gasteiger partial charge < -0.3 is 26.2 Å². The van der Waals surface area contributed by atoms with Gasteiger partial charge in [0.25, 0.3) is 0 Å². The molecule has 22 heavy (non-hydrogen) atoms. The van der Waals surface area contributed by atoms with E-state index in [-0.39, 0.29) is 11.0 Å². The number of rotatable bonds is 2. The molecule has 0 bridgehead atoms. The molecule has 1 heterocycles. The van der Waals surface area contributed by atoms with Gasteiger partial charge in [-0.3, -0.25) is 4.79 Å². The predicted octanol–water partition coefficient (Wildman–Crippen LogP) is 0.885. The van der Waals surface area contributed by atoms with Crippen LogP contribution in [0.15, 0.2) is 24.3 Å². The van der Waals surface area contributed by atoms with E-state index in [0.717, 1.165) is 37.6 Å². The largest absolute Gasteiger partial charge is 0.376 e. The van der Waals surface area contributed by atoms with Crippen LogP contribution in [0.5, 0.6) is 0 Å². The van der Waals surface area contributed by atoms with Crippen molar-refractivity contribution >= 4 is 51.9 Å². The molecule has 0 aromatic heterocycles. The molecule has 0 aliphatic carbocycles. The van der Waals surface area contributed by atoms with Gasteiger partial charge in [-0.15, -0.1) is 0 Å². The van der Waals surface area contributed by atoms with Crippen LogP contribution in [0.1, 0.15) is 6.92 Å². The Morgan fingerprint density at radius 3 is 2.23 bits per heavy atom. The third-order valence-electron chi connectivity index (χ3n) is 3.45. The Balaban J connectivity index is 1.91. The molecular weight excluding hydrogens is 318 g/mol. The molecule has 1 aliphatic rings. The van der Waals surface area contributed by atoms with Crippen molar-refractivity contribution in [2.75, 3.05) is 36.4 Å². The highest BCUT2D eigenvalue weighted by atomic mass is 32.1. The summed E-state index contributed by atoms with van der Waals surface area (Å²) in [5.41, 5.74) is 7.35. The lowest BCUT2D eigenvalue weighted by molar-refractivity contribution is -0.129. The van der Waals surface area contributed by atoms with Crippen molar-refractivity contribution in [3.63, 3.8) is 0 Å². The lowest BCUT2D eigenvalue weighted by Crippen LogP contribution is -2.48. The second kappa shape index (κ2) is 7.37. The predicted molar refractivity (Wildman–Crippen MR) is 97.1 cm³/mol. The van der Waals surface area contributed by atoms with E-state index in [1.165, 1.54) is 0 Å². The zero-order chi connectivity index (χ0) is 16.1. The number of carbonyl (C=O) groups excluding carboxylic acids is 1. The molecule has 0 saturated carbocycles. The lowest BCUT2D eigenvalue weighted by Gasteiger charge is -2.35. The number of carbonyl (C=O) groups is 1. The maximum absolute atomic E-state index is 11.3. The Hall–Kier alpha value is -1.93. The number of hydrogen-bond acceptors (Lipinski definition) is 4. The number of anilines is 2. The molecule has 6 nitrogen and oxygen atoms in total. The normalized spacial score (nSPS) is 14.4. The number of benzene rings is 1. The molecule has 118 valence electrons. The average Bonchev–Trinajstić information content (AvgIpc) is 2.47. The SMILES string of the molecule is CC(=O)N1CCN(c2ccc(NC(=S)NC(N)=S)cc2)CC1. The Morgan fingerprint density at radius 2 is 1.73 bits per heavy atom. The van der Waals surface area contributed by atoms with Gasteiger partial charge in [0.1, 0.15) is 0 Å². The molecule has 8 heteroatoms. The van der Waals surface area contributed by atoms with Crippen molar-refractivity contribution in [1.29, 1.82) is 0 Å². The lowest BCUT2D eigenvalue weighted by atomic mass is 10.2. The fourth-order valence-corrected chi connectivity index (χ4v) is 2.70. The van der Waals surface area contributed by atoms with Crippen molar-refractivity contribution in [2.45, 2.75) is 6.92 Å². The van der Waals surface area contributed by atoms with Crippen LogP contribution in [0, 0.1) is 0 Å². The third-order valence-corrected chi connectivity index (χ3v) is 3.76. The fourth-order valence-electron chi connectivity index (χ4n) is 2.31. The summed E-state index contributed by atoms with van der Waals surface area (Å²) in [4.78, 5) is 15.5. The number of piperazine rings is 1. The Morgan fingerprint density at radius 1 is 1.14 bits per heavy atom. The molecule has 2 rings (SSSR count). The van der Waals surface area contributed by atoms with Gasteiger partial charge in [0, 0.05) is 44.5 Å². The number of nitrogens with one attached hydrogen (secondary N) is 2. The first-order valence-corrected chi connectivity index (χ1v) is 7.75. The Bertz CT molecular complexity index is 567. The van der Waals surface area contributed by atoms with Crippen LogP contribution in [0.3, 0.4) is 0 Å². The summed E-state index contributed by atoms with van der Waals surface area (Å²) in [6.07, 6.45) is 0. The zero-order valence-corrected chi connectivity index (χ0v) is 14.0. The van der Waals surface area contributed by atoms with Crippen molar-refractivity contribution < 1.29 is 4.79 Å². The van der Waals surface area contributed by atoms with E-state index in [1.54, 1.807) is 6.92 Å². The monoisotopic (exact) mass is 337 g/mol. The van der Waals surface area contributed by atoms with Crippen molar-refractivity contribution in [3.8, 4) is 0 Å². The van der Waals surface area contributed by atoms with Crippen LogP contribution in [0.4, 0.5) is 11.4 Å². The molecule has 1 aromatic carbocycles. The van der Waals surface area contributed by atoms with Gasteiger partial charge in [0.2, 0.25) is 5.91 Å². The van der Waals surface area contributed by atoms with E-state index in [1.807, 2.05) is 29.2 Å². The average molecular weight is 337 g/mol. The first-order chi connectivity index (χ1) is 10.5. The van der Waals surface area contributed by atoms with Crippen LogP contribution >= 0.6 is 24.4 Å². The van der Waals surface area contributed by atoms with E-state index in [0.29, 0.717) is 5.11 Å². The first kappa shape index (κ1) is 16.4. The highest BCUT2D eigenvalue weighted by Gasteiger charge is 2.18. The maximum atomic E-state index is 11.3. The topological polar surface area (TPSA) is 73.6 Å². The molecule has 1 fully saturated rings. The van der Waals surface area contributed by atoms with Crippen molar-refractivity contribution in [2.24, 2.45) is 5.73 Å². The standard InChI is InChI=1S/C14H19N5OS2/c1-10(20)18-6-8-19(9-7-18)12-4-2-11(3-5-12)16-14(22)17-13(15)21/h2-5H,6-9H2,1H3,(H4,15,16,17,21,22). The van der Waals surface area contributed by atoms with Crippen molar-refractivity contribution in [3.05, 3.63) is 24.3 Å². The summed E-state index contributed by atoms with van der Waals surface area (Å²) >= 11 is 9.80. The van der Waals surface area contributed by atoms with E-state index in [2.05, 4.69) is 15.5 Å². The van der Waals surface area contributed by atoms with Gasteiger partial charge in [-0.1, -0.05) is 0 Å². The van der Waals surface area contributed by atoms with Gasteiger partial charge in [0.05, 0.1) is 0 Å². The fraction of sp³-hybridized carbons (Fsp3) is 0.357. The minimum Gasteiger partial charge on any atom is -0.376 e. The van der Waals surface area contributed by atoms with Gasteiger partial charge in [-0.25, -0.2) is 0 Å². The zero-order valence-electron chi connectivity index (χ0n) is 12.3. The van der Waals surface area contributed by atoms with E-state index < -0.39 is 0 Å². The number of thiocarbonyl (C=S) groups is 2. The van der Waals surface area contributed by atoms with Crippen LogP contribution in [0.2, 0.25) is 0 Å². The van der Waals surface area contributed by atoms with Gasteiger partial charge in [-0.2, -0.15) is 0 Å². The molecule has 0 unspecified atom stereocenters. The van der Waals surface area contributed by atoms with Gasteiger partial charge in [0.15, 0.2) is 10.2 Å². The van der Waals surface area contributed by atoms with Crippen LogP contribution in [-0.2, 0) is 4.79 Å². The van der Waals surface area contributed by atoms with Crippen LogP contribution in [0.25, 0.3) is 0 Å². The number of nitrogens with zero attached hydrogens (tertiary/aromatic N) is 2. The summed E-state index contributed by atoms with van der Waals surface area (Å²) < 4.78 is 0. The first-order valence-electron chi connectivity index (χ1n) is 6.93. The minimum absolute atomic E-state index is 0.137. The molecule has 0 radical (unpaired) electrons. The number of nitrogens with two attached hydrogens (primary N) is 1. The maximum Gasteiger partial charge on any atom is 0.219 e. The second-order valence-electron chi connectivity index (χ2n) is 4.98. The highest BCUT2D eigenvalue weighted by Crippen LogP contribution is 2.19. The molecule has 1 aromatic rings. The second-order valence-corrected chi connectivity index (χ2v) is 5.83. The van der Waals surface area contributed by atoms with Crippen LogP contribution < -0.4 is 21.3 Å². The molecule has 4 N–H and O–H groups in total. The summed E-state index contributed by atoms with van der Waals surface area (Å²) in [6, 6.07) is 7.94. The molecule has 0 atom stereocenters. The summed E-state index contributed by atoms with van der Waals surface area (Å²) in [7, 11) is 0. The molecule has 1 amide bonds. The van der Waals surface area contributed by atoms with Gasteiger partial charge >= 0.3 is 0 Å². The van der Waals surface area contributed by atoms with Gasteiger partial charge in [-0.05, 0) is 48.7 Å². The van der Waals surface area contributed by atoms with Crippen molar-refractivity contribution in [1.82, 2.24) is 10.2 Å². The van der Waals surface area contributed by atoms with E-state index >= 15 is 0 Å². The Kier molecular flexibility index (Phi) is 5.51. The van der Waals surface area contributed by atoms with E-state index in [4.69, 9.17) is 30.2 Å². The van der Waals surface area contributed by atoms with E-state index in [9.17, 15) is 4.79 Å². The number of hydrogen-bond donors (Lipinski definition) is 3. The summed E-state index contributed by atoms with van der Waals surface area (Å²) in [6.45, 7) is 4.82. The molecular formula is C14H19N5OS2. The van der Waals surface area contributed by atoms with Crippen LogP contribution in [-0.4, -0.2) is 47.2 Å². The highest BCUT2D eigenvalue weighted by molar-refractivity contribution is 7.82. The summed E-state index contributed by atoms with van der Waals surface area (Å²) in [5.74, 6) is 0.137. The quantitative estimate of drug-likeness (QED) is 0.692. The minimum atomic E-state index is 0.137. The third kappa shape index (κ3) is 4.54.